The third kappa shape index (κ3) is 3.95. The molecule has 0 radical (unpaired) electrons. The Balaban J connectivity index is 1.48. The molecular formula is C29H44O9. The predicted molar refractivity (Wildman–Crippen MR) is 135 cm³/mol. The lowest BCUT2D eigenvalue weighted by Gasteiger charge is -2.66. The van der Waals surface area contributed by atoms with E-state index in [1.54, 1.807) is 0 Å². The highest BCUT2D eigenvalue weighted by molar-refractivity contribution is 5.85. The average molecular weight is 537 g/mol. The Morgan fingerprint density at radius 1 is 1.08 bits per heavy atom. The monoisotopic (exact) mass is 536 g/mol. The Morgan fingerprint density at radius 2 is 1.79 bits per heavy atom. The number of cyclic esters (lactones) is 1. The van der Waals surface area contributed by atoms with Crippen molar-refractivity contribution in [2.45, 2.75) is 108 Å². The summed E-state index contributed by atoms with van der Waals surface area (Å²) in [7, 11) is 0. The number of Topliss-reactive ketones (excluding diaryl/α,β-unsaturated/α-hetero) is 1. The van der Waals surface area contributed by atoms with Crippen LogP contribution >= 0.6 is 0 Å². The summed E-state index contributed by atoms with van der Waals surface area (Å²) in [6.07, 6.45) is -0.672. The van der Waals surface area contributed by atoms with Crippen LogP contribution in [0, 0.1) is 40.4 Å². The van der Waals surface area contributed by atoms with Gasteiger partial charge in [-0.3, -0.25) is 4.79 Å². The van der Waals surface area contributed by atoms with Crippen molar-refractivity contribution in [1.29, 1.82) is 0 Å². The van der Waals surface area contributed by atoms with E-state index < -0.39 is 52.9 Å². The number of ether oxygens (including phenoxy) is 1. The molecule has 13 atom stereocenters. The molecule has 0 aromatic heterocycles. The molecule has 4 unspecified atom stereocenters. The van der Waals surface area contributed by atoms with E-state index in [9.17, 15) is 40.2 Å². The van der Waals surface area contributed by atoms with Gasteiger partial charge in [0.25, 0.3) is 0 Å². The zero-order valence-electron chi connectivity index (χ0n) is 22.6. The molecule has 5 aliphatic rings. The van der Waals surface area contributed by atoms with Crippen LogP contribution in [0.1, 0.15) is 72.1 Å². The molecule has 9 heteroatoms. The summed E-state index contributed by atoms with van der Waals surface area (Å²) >= 11 is 0. The minimum absolute atomic E-state index is 0.0150. The maximum atomic E-state index is 13.7. The van der Waals surface area contributed by atoms with Gasteiger partial charge in [-0.25, -0.2) is 4.79 Å². The van der Waals surface area contributed by atoms with Gasteiger partial charge in [-0.2, -0.15) is 0 Å². The number of carbonyl (C=O) groups excluding carboxylic acids is 2. The van der Waals surface area contributed by atoms with Crippen LogP contribution in [0.5, 0.6) is 0 Å². The number of rotatable bonds is 6. The number of ketones is 1. The van der Waals surface area contributed by atoms with Crippen molar-refractivity contribution >= 4 is 11.8 Å². The van der Waals surface area contributed by atoms with Crippen molar-refractivity contribution in [2.24, 2.45) is 40.4 Å². The zero-order chi connectivity index (χ0) is 27.8. The molecule has 9 nitrogen and oxygen atoms in total. The molecular weight excluding hydrogens is 492 g/mol. The molecule has 5 rings (SSSR count). The van der Waals surface area contributed by atoms with Crippen molar-refractivity contribution in [1.82, 2.24) is 0 Å². The number of aliphatic hydroxyl groups excluding tert-OH is 5. The van der Waals surface area contributed by atoms with Gasteiger partial charge in [0, 0.05) is 23.8 Å². The molecule has 0 aromatic rings. The molecule has 4 saturated carbocycles. The van der Waals surface area contributed by atoms with Crippen LogP contribution in [0.4, 0.5) is 0 Å². The quantitative estimate of drug-likeness (QED) is 0.270. The molecule has 0 spiro atoms. The number of aliphatic hydroxyl groups is 6. The van der Waals surface area contributed by atoms with E-state index in [1.165, 1.54) is 13.0 Å². The van der Waals surface area contributed by atoms with Gasteiger partial charge in [0.1, 0.15) is 18.5 Å². The molecule has 6 N–H and O–H groups in total. The van der Waals surface area contributed by atoms with Gasteiger partial charge in [0.05, 0.1) is 30.0 Å². The first-order valence-corrected chi connectivity index (χ1v) is 14.3. The number of hydrogen-bond acceptors (Lipinski definition) is 9. The fourth-order valence-corrected chi connectivity index (χ4v) is 9.74. The summed E-state index contributed by atoms with van der Waals surface area (Å²) in [5, 5.41) is 65.2. The van der Waals surface area contributed by atoms with Crippen molar-refractivity contribution in [3.63, 3.8) is 0 Å². The van der Waals surface area contributed by atoms with Crippen LogP contribution in [0.2, 0.25) is 0 Å². The summed E-state index contributed by atoms with van der Waals surface area (Å²) in [5.41, 5.74) is -1.84. The van der Waals surface area contributed by atoms with E-state index in [1.807, 2.05) is 6.92 Å². The van der Waals surface area contributed by atoms with Crippen molar-refractivity contribution < 1.29 is 45.0 Å². The smallest absolute Gasteiger partial charge is 0.331 e. The second-order valence-electron chi connectivity index (χ2n) is 13.4. The highest BCUT2D eigenvalue weighted by Crippen LogP contribution is 2.70. The van der Waals surface area contributed by atoms with E-state index >= 15 is 0 Å². The highest BCUT2D eigenvalue weighted by atomic mass is 16.5. The summed E-state index contributed by atoms with van der Waals surface area (Å²) in [6.45, 7) is 5.53. The van der Waals surface area contributed by atoms with E-state index in [0.29, 0.717) is 25.7 Å². The molecule has 214 valence electrons. The van der Waals surface area contributed by atoms with Crippen LogP contribution in [0.3, 0.4) is 0 Å². The normalized spacial score (nSPS) is 48.7. The van der Waals surface area contributed by atoms with Gasteiger partial charge in [-0.05, 0) is 86.5 Å². The Hall–Kier alpha value is -1.36. The maximum absolute atomic E-state index is 13.7. The summed E-state index contributed by atoms with van der Waals surface area (Å²) in [5.74, 6) is -1.77. The Labute approximate surface area is 223 Å². The van der Waals surface area contributed by atoms with Gasteiger partial charge in [-0.1, -0.05) is 13.8 Å². The van der Waals surface area contributed by atoms with Crippen LogP contribution < -0.4 is 0 Å². The summed E-state index contributed by atoms with van der Waals surface area (Å²) < 4.78 is 5.17. The Bertz CT molecular complexity index is 995. The summed E-state index contributed by atoms with van der Waals surface area (Å²) in [4.78, 5) is 25.5. The molecule has 4 fully saturated rings. The van der Waals surface area contributed by atoms with Crippen LogP contribution in [-0.2, 0) is 14.3 Å². The minimum atomic E-state index is -1.45. The van der Waals surface area contributed by atoms with Crippen LogP contribution in [0.15, 0.2) is 11.6 Å². The van der Waals surface area contributed by atoms with E-state index in [-0.39, 0.29) is 54.9 Å². The number of fused-ring (bicyclic) bond motifs is 5. The van der Waals surface area contributed by atoms with Gasteiger partial charge < -0.3 is 35.4 Å². The van der Waals surface area contributed by atoms with Gasteiger partial charge in [0.15, 0.2) is 0 Å². The molecule has 1 aliphatic heterocycles. The maximum Gasteiger partial charge on any atom is 0.331 e. The fraction of sp³-hybridized carbons (Fsp3) is 0.862. The van der Waals surface area contributed by atoms with Crippen molar-refractivity contribution in [3.05, 3.63) is 11.6 Å². The Morgan fingerprint density at radius 3 is 2.42 bits per heavy atom. The first-order valence-electron chi connectivity index (χ1n) is 14.3. The first-order chi connectivity index (χ1) is 17.7. The van der Waals surface area contributed by atoms with Gasteiger partial charge >= 0.3 is 5.97 Å². The van der Waals surface area contributed by atoms with E-state index in [0.717, 1.165) is 18.4 Å². The minimum Gasteiger partial charge on any atom is -0.458 e. The highest BCUT2D eigenvalue weighted by Gasteiger charge is 2.72. The molecule has 38 heavy (non-hydrogen) atoms. The molecule has 0 bridgehead atoms. The zero-order valence-corrected chi connectivity index (χ0v) is 22.6. The lowest BCUT2D eigenvalue weighted by Crippen LogP contribution is -2.68. The van der Waals surface area contributed by atoms with Crippen molar-refractivity contribution in [2.75, 3.05) is 6.61 Å². The molecule has 0 saturated heterocycles. The Kier molecular flexibility index (Phi) is 7.14. The SMILES string of the molecule is CC(O)C(O)C(O)CC(=O)C1C[C@H](O)C[C@H]2CC[C@@H]3[C@H](C[C@@H](O)[C@]4(C)[C@@H](C5=CC(=O)OC5)CC[C@]34O)[C@@]12C. The largest absolute Gasteiger partial charge is 0.458 e. The van der Waals surface area contributed by atoms with Crippen LogP contribution in [-0.4, -0.2) is 85.1 Å². The lowest BCUT2D eigenvalue weighted by molar-refractivity contribution is -0.252. The first kappa shape index (κ1) is 28.2. The number of esters is 1. The number of hydrogen-bond donors (Lipinski definition) is 6. The number of carbonyl (C=O) groups is 2. The third-order valence-electron chi connectivity index (χ3n) is 11.9. The topological polar surface area (TPSA) is 165 Å². The molecule has 1 heterocycles. The predicted octanol–water partition coefficient (Wildman–Crippen LogP) is 0.863. The summed E-state index contributed by atoms with van der Waals surface area (Å²) in [6, 6.07) is 0. The van der Waals surface area contributed by atoms with Gasteiger partial charge in [0.2, 0.25) is 0 Å². The van der Waals surface area contributed by atoms with Crippen LogP contribution in [0.25, 0.3) is 0 Å². The standard InChI is InChI=1S/C29H44O9/c1-14(30)26(36)23(33)12-22(32)21-10-17(31)9-16-4-5-19-20(27(16,21)2)11-24(34)28(3)18(6-7-29(19,28)37)15-8-25(35)38-13-15/h8,14,16-21,23-24,26,30-31,33-34,36-37H,4-7,9-13H2,1-3H3/t14?,16-,17-,18-,19-,20+,21?,23?,24-,26?,27+,28+,29+/m1/s1. The fourth-order valence-electron chi connectivity index (χ4n) is 9.74. The molecule has 4 aliphatic carbocycles. The second kappa shape index (κ2) is 9.63. The third-order valence-corrected chi connectivity index (χ3v) is 11.9. The van der Waals surface area contributed by atoms with E-state index in [4.69, 9.17) is 4.74 Å². The van der Waals surface area contributed by atoms with E-state index in [2.05, 4.69) is 6.92 Å². The lowest BCUT2D eigenvalue weighted by atomic mass is 9.40. The van der Waals surface area contributed by atoms with Crippen molar-refractivity contribution in [3.8, 4) is 0 Å². The molecule has 0 aromatic carbocycles. The average Bonchev–Trinajstić information content (AvgIpc) is 3.40. The second-order valence-corrected chi connectivity index (χ2v) is 13.4. The molecule has 0 amide bonds. The van der Waals surface area contributed by atoms with Gasteiger partial charge in [-0.15, -0.1) is 0 Å².